The highest BCUT2D eigenvalue weighted by atomic mass is 16.7. The van der Waals surface area contributed by atoms with Gasteiger partial charge in [0, 0.05) is 53.0 Å². The van der Waals surface area contributed by atoms with Gasteiger partial charge >= 0.3 is 5.97 Å². The number of aromatic nitrogens is 1. The van der Waals surface area contributed by atoms with Crippen LogP contribution in [0.3, 0.4) is 0 Å². The number of carbonyl (C=O) groups is 3. The summed E-state index contributed by atoms with van der Waals surface area (Å²) < 4.78 is 13.1. The fourth-order valence-corrected chi connectivity index (χ4v) is 6.52. The average Bonchev–Trinajstić information content (AvgIpc) is 3.44. The Balaban J connectivity index is 1.53. The summed E-state index contributed by atoms with van der Waals surface area (Å²) in [5.74, 6) is -1.34. The number of aliphatic hydroxyl groups is 1. The zero-order valence-electron chi connectivity index (χ0n) is 27.1. The maximum Gasteiger partial charge on any atom is 0.338 e. The van der Waals surface area contributed by atoms with E-state index in [4.69, 9.17) is 14.3 Å². The summed E-state index contributed by atoms with van der Waals surface area (Å²) in [5, 5.41) is 16.1. The molecular formula is C38H42N2O7. The monoisotopic (exact) mass is 638 g/mol. The van der Waals surface area contributed by atoms with E-state index in [9.17, 15) is 19.5 Å². The smallest absolute Gasteiger partial charge is 0.338 e. The second-order valence-electron chi connectivity index (χ2n) is 11.8. The lowest BCUT2D eigenvalue weighted by Gasteiger charge is -2.29. The summed E-state index contributed by atoms with van der Waals surface area (Å²) >= 11 is 0. The van der Waals surface area contributed by atoms with Crippen molar-refractivity contribution in [1.29, 1.82) is 0 Å². The summed E-state index contributed by atoms with van der Waals surface area (Å²) in [6.45, 7) is 6.06. The molecule has 3 aromatic carbocycles. The lowest BCUT2D eigenvalue weighted by Crippen LogP contribution is -2.41. The van der Waals surface area contributed by atoms with Crippen LogP contribution in [0.25, 0.3) is 21.8 Å². The van der Waals surface area contributed by atoms with Crippen LogP contribution in [-0.2, 0) is 31.3 Å². The molecule has 1 atom stereocenters. The van der Waals surface area contributed by atoms with Gasteiger partial charge in [0.05, 0.1) is 25.4 Å². The predicted octanol–water partition coefficient (Wildman–Crippen LogP) is 7.13. The SMILES string of the molecule is C=COCCC/C(=N\OC(=O)C1CCCCC1)C(=O)c1ccc2c(c1)c1cc(C(=O)C(CO)(OC)c3ccccc3)ccc1n2CC. The third-order valence-electron chi connectivity index (χ3n) is 9.12. The molecule has 9 heteroatoms. The van der Waals surface area contributed by atoms with Gasteiger partial charge in [-0.2, -0.15) is 0 Å². The topological polar surface area (TPSA) is 116 Å². The number of oxime groups is 1. The first kappa shape index (κ1) is 33.8. The lowest BCUT2D eigenvalue weighted by atomic mass is 9.86. The molecule has 246 valence electrons. The third-order valence-corrected chi connectivity index (χ3v) is 9.12. The molecule has 1 unspecified atom stereocenters. The van der Waals surface area contributed by atoms with Gasteiger partial charge < -0.3 is 24.0 Å². The molecule has 0 radical (unpaired) electrons. The number of ether oxygens (including phenoxy) is 2. The Hall–Kier alpha value is -4.60. The van der Waals surface area contributed by atoms with Gasteiger partial charge in [-0.3, -0.25) is 9.59 Å². The molecule has 0 saturated heterocycles. The zero-order valence-corrected chi connectivity index (χ0v) is 27.1. The number of nitrogens with zero attached hydrogens (tertiary/aromatic N) is 2. The maximum absolute atomic E-state index is 14.0. The van der Waals surface area contributed by atoms with E-state index in [0.29, 0.717) is 36.3 Å². The Morgan fingerprint density at radius 2 is 1.64 bits per heavy atom. The molecular weight excluding hydrogens is 596 g/mol. The predicted molar refractivity (Wildman–Crippen MR) is 181 cm³/mol. The fourth-order valence-electron chi connectivity index (χ4n) is 6.52. The van der Waals surface area contributed by atoms with E-state index in [2.05, 4.69) is 16.3 Å². The van der Waals surface area contributed by atoms with E-state index >= 15 is 0 Å². The van der Waals surface area contributed by atoms with E-state index in [1.165, 1.54) is 13.4 Å². The molecule has 47 heavy (non-hydrogen) atoms. The van der Waals surface area contributed by atoms with E-state index < -0.39 is 18.2 Å². The van der Waals surface area contributed by atoms with Crippen LogP contribution in [0.4, 0.5) is 0 Å². The zero-order chi connectivity index (χ0) is 33.4. The van der Waals surface area contributed by atoms with Crippen molar-refractivity contribution in [3.63, 3.8) is 0 Å². The van der Waals surface area contributed by atoms with Crippen LogP contribution < -0.4 is 0 Å². The summed E-state index contributed by atoms with van der Waals surface area (Å²) in [6, 6.07) is 19.8. The summed E-state index contributed by atoms with van der Waals surface area (Å²) in [6.07, 6.45) is 6.66. The van der Waals surface area contributed by atoms with Crippen molar-refractivity contribution in [2.45, 2.75) is 64.0 Å². The number of fused-ring (bicyclic) bond motifs is 3. The first-order valence-corrected chi connectivity index (χ1v) is 16.3. The molecule has 1 aromatic heterocycles. The average molecular weight is 639 g/mol. The van der Waals surface area contributed by atoms with Crippen LogP contribution in [-0.4, -0.2) is 53.2 Å². The molecule has 1 saturated carbocycles. The second kappa shape index (κ2) is 15.3. The summed E-state index contributed by atoms with van der Waals surface area (Å²) in [5.41, 5.74) is 1.64. The number of methoxy groups -OCH3 is 1. The molecule has 1 heterocycles. The van der Waals surface area contributed by atoms with Crippen molar-refractivity contribution in [2.24, 2.45) is 11.1 Å². The first-order chi connectivity index (χ1) is 22.9. The van der Waals surface area contributed by atoms with E-state index in [0.717, 1.165) is 53.9 Å². The minimum atomic E-state index is -1.57. The number of hydrogen-bond donors (Lipinski definition) is 1. The number of ketones is 2. The number of benzene rings is 3. The molecule has 1 aliphatic carbocycles. The second-order valence-corrected chi connectivity index (χ2v) is 11.8. The van der Waals surface area contributed by atoms with E-state index in [-0.39, 0.29) is 29.6 Å². The van der Waals surface area contributed by atoms with Gasteiger partial charge in [0.25, 0.3) is 0 Å². The number of Topliss-reactive ketones (excluding diaryl/α,β-unsaturated/α-hetero) is 2. The molecule has 4 aromatic rings. The summed E-state index contributed by atoms with van der Waals surface area (Å²) in [4.78, 5) is 46.0. The quantitative estimate of drug-likeness (QED) is 0.0368. The van der Waals surface area contributed by atoms with Crippen molar-refractivity contribution < 1.29 is 33.8 Å². The Kier molecular flexibility index (Phi) is 11.0. The normalized spacial score (nSPS) is 15.3. The molecule has 1 aliphatic rings. The molecule has 1 N–H and O–H groups in total. The van der Waals surface area contributed by atoms with Crippen molar-refractivity contribution in [3.8, 4) is 0 Å². The highest BCUT2D eigenvalue weighted by Crippen LogP contribution is 2.34. The van der Waals surface area contributed by atoms with Crippen LogP contribution in [0, 0.1) is 5.92 Å². The van der Waals surface area contributed by atoms with E-state index in [1.807, 2.05) is 25.1 Å². The van der Waals surface area contributed by atoms with Gasteiger partial charge in [0.15, 0.2) is 5.60 Å². The van der Waals surface area contributed by atoms with E-state index in [1.54, 1.807) is 48.5 Å². The van der Waals surface area contributed by atoms with Crippen molar-refractivity contribution in [2.75, 3.05) is 20.3 Å². The standard InChI is InChI=1S/C38H42N2O7/c1-4-40-33-20-18-27(35(42)32(17-12-22-46-5-2)39-47-37(44)26-13-8-6-9-14-26)23-30(33)31-24-28(19-21-34(31)40)36(43)38(25-41,45-3)29-15-10-7-11-16-29/h5,7,10-11,15-16,18-21,23-24,26,41H,2,4,6,8-9,12-14,17,22,25H2,1,3H3/b39-32+. The van der Waals surface area contributed by atoms with Gasteiger partial charge in [-0.1, -0.05) is 61.3 Å². The highest BCUT2D eigenvalue weighted by molar-refractivity contribution is 6.46. The van der Waals surface area contributed by atoms with Crippen LogP contribution in [0.5, 0.6) is 0 Å². The fraction of sp³-hybridized carbons (Fsp3) is 0.368. The maximum atomic E-state index is 14.0. The molecule has 0 aliphatic heterocycles. The largest absolute Gasteiger partial charge is 0.502 e. The summed E-state index contributed by atoms with van der Waals surface area (Å²) in [7, 11) is 1.41. The first-order valence-electron chi connectivity index (χ1n) is 16.3. The Morgan fingerprint density at radius 1 is 0.979 bits per heavy atom. The molecule has 0 amide bonds. The van der Waals surface area contributed by atoms with Gasteiger partial charge in [-0.05, 0) is 68.1 Å². The minimum Gasteiger partial charge on any atom is -0.502 e. The third kappa shape index (κ3) is 6.92. The van der Waals surface area contributed by atoms with Crippen molar-refractivity contribution >= 4 is 45.1 Å². The Labute approximate surface area is 274 Å². The van der Waals surface area contributed by atoms with Crippen molar-refractivity contribution in [3.05, 3.63) is 96.3 Å². The Morgan fingerprint density at radius 3 is 2.26 bits per heavy atom. The van der Waals surface area contributed by atoms with Crippen LogP contribution >= 0.6 is 0 Å². The Bertz CT molecular complexity index is 1780. The van der Waals surface area contributed by atoms with Crippen LogP contribution in [0.2, 0.25) is 0 Å². The lowest BCUT2D eigenvalue weighted by molar-refractivity contribution is -0.149. The van der Waals surface area contributed by atoms with Gasteiger partial charge in [-0.25, -0.2) is 4.79 Å². The molecule has 1 fully saturated rings. The minimum absolute atomic E-state index is 0.131. The number of aliphatic hydroxyl groups excluding tert-OH is 1. The van der Waals surface area contributed by atoms with Crippen LogP contribution in [0.15, 0.2) is 84.7 Å². The van der Waals surface area contributed by atoms with Gasteiger partial charge in [0.2, 0.25) is 11.6 Å². The molecule has 5 rings (SSSR count). The van der Waals surface area contributed by atoms with Gasteiger partial charge in [-0.15, -0.1) is 0 Å². The van der Waals surface area contributed by atoms with Crippen molar-refractivity contribution in [1.82, 2.24) is 4.57 Å². The molecule has 9 nitrogen and oxygen atoms in total. The number of aryl methyl sites for hydroxylation is 1. The number of hydrogen-bond acceptors (Lipinski definition) is 8. The molecule has 0 bridgehead atoms. The number of rotatable bonds is 15. The van der Waals surface area contributed by atoms with Gasteiger partial charge in [0.1, 0.15) is 5.71 Å². The highest BCUT2D eigenvalue weighted by Gasteiger charge is 2.40. The number of carbonyl (C=O) groups excluding carboxylic acids is 3. The van der Waals surface area contributed by atoms with Crippen LogP contribution in [0.1, 0.15) is 78.1 Å². The molecule has 0 spiro atoms.